The Kier molecular flexibility index (Phi) is 5.84. The number of rotatable bonds is 6. The van der Waals surface area contributed by atoms with Crippen LogP contribution >= 0.6 is 22.9 Å². The van der Waals surface area contributed by atoms with Crippen LogP contribution in [0.2, 0.25) is 0 Å². The second kappa shape index (κ2) is 7.17. The molecule has 1 aromatic rings. The Balaban J connectivity index is 2.46. The van der Waals surface area contributed by atoms with E-state index in [1.165, 1.54) is 24.3 Å². The quantitative estimate of drug-likeness (QED) is 0.162. The molecule has 0 aliphatic rings. The lowest BCUT2D eigenvalue weighted by atomic mass is 10.3. The van der Waals surface area contributed by atoms with Crippen molar-refractivity contribution in [3.05, 3.63) is 34.4 Å². The van der Waals surface area contributed by atoms with Crippen LogP contribution in [0.1, 0.15) is 12.8 Å². The molecule has 0 fully saturated rings. The minimum Gasteiger partial charge on any atom is -0.427 e. The van der Waals surface area contributed by atoms with E-state index in [0.29, 0.717) is 18.6 Å². The van der Waals surface area contributed by atoms with Crippen molar-refractivity contribution < 1.29 is 14.5 Å². The average molecular weight is 350 g/mol. The number of nitrogens with one attached hydrogen (secondary N) is 1. The van der Waals surface area contributed by atoms with Gasteiger partial charge in [0.05, 0.1) is 4.92 Å². The summed E-state index contributed by atoms with van der Waals surface area (Å²) in [6.45, 7) is 0.732. The molecule has 0 aromatic heterocycles. The molecule has 1 aromatic carbocycles. The zero-order chi connectivity index (χ0) is 12.7. The second-order valence-electron chi connectivity index (χ2n) is 3.21. The maximum atomic E-state index is 11.3. The van der Waals surface area contributed by atoms with E-state index in [0.717, 1.165) is 6.54 Å². The number of esters is 1. The largest absolute Gasteiger partial charge is 0.427 e. The molecular formula is C10H11IN2O4. The lowest BCUT2D eigenvalue weighted by Gasteiger charge is -2.03. The Bertz CT molecular complexity index is 394. The van der Waals surface area contributed by atoms with Gasteiger partial charge in [-0.15, -0.1) is 0 Å². The molecule has 6 nitrogen and oxygen atoms in total. The Labute approximate surface area is 112 Å². The van der Waals surface area contributed by atoms with Gasteiger partial charge in [-0.05, 0) is 18.6 Å². The van der Waals surface area contributed by atoms with Crippen LogP contribution in [0.5, 0.6) is 5.75 Å². The van der Waals surface area contributed by atoms with Crippen LogP contribution < -0.4 is 8.27 Å². The first-order chi connectivity index (χ1) is 8.13. The third-order valence-electron chi connectivity index (χ3n) is 1.93. The minimum atomic E-state index is -0.502. The van der Waals surface area contributed by atoms with Gasteiger partial charge >= 0.3 is 5.97 Å². The molecule has 0 unspecified atom stereocenters. The third-order valence-corrected chi connectivity index (χ3v) is 2.47. The Morgan fingerprint density at radius 1 is 1.41 bits per heavy atom. The lowest BCUT2D eigenvalue weighted by molar-refractivity contribution is -0.384. The highest BCUT2D eigenvalue weighted by molar-refractivity contribution is 14.1. The maximum Gasteiger partial charge on any atom is 0.311 e. The number of nitro groups is 1. The lowest BCUT2D eigenvalue weighted by Crippen LogP contribution is -2.10. The number of hydrogen-bond donors (Lipinski definition) is 1. The number of halogens is 1. The molecule has 7 heteroatoms. The van der Waals surface area contributed by atoms with Crippen molar-refractivity contribution in [2.75, 3.05) is 6.54 Å². The fourth-order valence-electron chi connectivity index (χ4n) is 1.12. The number of benzene rings is 1. The summed E-state index contributed by atoms with van der Waals surface area (Å²) >= 11 is 2.00. The summed E-state index contributed by atoms with van der Waals surface area (Å²) in [6, 6.07) is 5.42. The fourth-order valence-corrected chi connectivity index (χ4v) is 1.50. The van der Waals surface area contributed by atoms with Crippen LogP contribution in [-0.2, 0) is 4.79 Å². The van der Waals surface area contributed by atoms with E-state index in [1.807, 2.05) is 22.9 Å². The minimum absolute atomic E-state index is 0.0288. The molecule has 0 bridgehead atoms. The fraction of sp³-hybridized carbons (Fsp3) is 0.300. The molecule has 1 N–H and O–H groups in total. The van der Waals surface area contributed by atoms with Gasteiger partial charge in [-0.3, -0.25) is 18.4 Å². The molecule has 0 aliphatic heterocycles. The molecule has 0 spiro atoms. The van der Waals surface area contributed by atoms with Crippen LogP contribution in [0.25, 0.3) is 0 Å². The summed E-state index contributed by atoms with van der Waals surface area (Å²) in [7, 11) is 0. The van der Waals surface area contributed by atoms with Crippen molar-refractivity contribution in [3.63, 3.8) is 0 Å². The molecule has 92 valence electrons. The molecule has 0 saturated carbocycles. The summed E-state index contributed by atoms with van der Waals surface area (Å²) in [5.74, 6) is -0.0199. The number of carbonyl (C=O) groups excluding carboxylic acids is 1. The molecule has 17 heavy (non-hydrogen) atoms. The van der Waals surface area contributed by atoms with E-state index in [-0.39, 0.29) is 11.7 Å². The SMILES string of the molecule is O=C(CCCNI)Oc1ccc([N+](=O)[O-])cc1. The highest BCUT2D eigenvalue weighted by Gasteiger charge is 2.07. The predicted octanol–water partition coefficient (Wildman–Crippen LogP) is 2.22. The first kappa shape index (κ1) is 13.8. The smallest absolute Gasteiger partial charge is 0.311 e. The molecule has 0 saturated heterocycles. The van der Waals surface area contributed by atoms with Crippen molar-refractivity contribution in [2.24, 2.45) is 0 Å². The van der Waals surface area contributed by atoms with Crippen molar-refractivity contribution >= 4 is 34.5 Å². The summed E-state index contributed by atoms with van der Waals surface area (Å²) in [4.78, 5) is 21.2. The number of nitrogens with zero attached hydrogens (tertiary/aromatic N) is 1. The number of non-ortho nitro benzene ring substituents is 1. The maximum absolute atomic E-state index is 11.3. The summed E-state index contributed by atoms with van der Waals surface area (Å²) in [6.07, 6.45) is 1.00. The van der Waals surface area contributed by atoms with Gasteiger partial charge in [-0.1, -0.05) is 0 Å². The molecular weight excluding hydrogens is 339 g/mol. The highest BCUT2D eigenvalue weighted by atomic mass is 127. The standard InChI is InChI=1S/C10H11IN2O4/c11-12-7-1-2-10(14)17-9-5-3-8(4-6-9)13(15)16/h3-6,12H,1-2,7H2. The van der Waals surface area contributed by atoms with Crippen LogP contribution in [0, 0.1) is 10.1 Å². The highest BCUT2D eigenvalue weighted by Crippen LogP contribution is 2.17. The topological polar surface area (TPSA) is 81.5 Å². The van der Waals surface area contributed by atoms with Crippen molar-refractivity contribution in [2.45, 2.75) is 12.8 Å². The molecule has 0 radical (unpaired) electrons. The molecule has 0 atom stereocenters. The van der Waals surface area contributed by atoms with Crippen molar-refractivity contribution in [1.82, 2.24) is 3.53 Å². The first-order valence-electron chi connectivity index (χ1n) is 4.92. The number of nitro benzene ring substituents is 1. The van der Waals surface area contributed by atoms with E-state index >= 15 is 0 Å². The van der Waals surface area contributed by atoms with Gasteiger partial charge < -0.3 is 4.74 Å². The predicted molar refractivity (Wildman–Crippen MR) is 70.0 cm³/mol. The third kappa shape index (κ3) is 5.09. The second-order valence-corrected chi connectivity index (χ2v) is 3.98. The number of hydrogen-bond acceptors (Lipinski definition) is 5. The zero-order valence-corrected chi connectivity index (χ0v) is 11.0. The van der Waals surface area contributed by atoms with E-state index in [9.17, 15) is 14.9 Å². The van der Waals surface area contributed by atoms with E-state index < -0.39 is 4.92 Å². The summed E-state index contributed by atoms with van der Waals surface area (Å²) in [5, 5.41) is 10.4. The van der Waals surface area contributed by atoms with Crippen molar-refractivity contribution in [1.29, 1.82) is 0 Å². The summed E-state index contributed by atoms with van der Waals surface area (Å²) in [5.41, 5.74) is -0.0288. The normalized spacial score (nSPS) is 9.94. The van der Waals surface area contributed by atoms with Gasteiger partial charge in [0, 0.05) is 48.0 Å². The van der Waals surface area contributed by atoms with Crippen molar-refractivity contribution in [3.8, 4) is 5.75 Å². The molecule has 0 heterocycles. The monoisotopic (exact) mass is 350 g/mol. The van der Waals surface area contributed by atoms with Gasteiger partial charge in [0.15, 0.2) is 0 Å². The average Bonchev–Trinajstić information content (AvgIpc) is 2.30. The van der Waals surface area contributed by atoms with Crippen LogP contribution in [0.15, 0.2) is 24.3 Å². The van der Waals surface area contributed by atoms with E-state index in [4.69, 9.17) is 4.74 Å². The van der Waals surface area contributed by atoms with Gasteiger partial charge in [-0.25, -0.2) is 0 Å². The van der Waals surface area contributed by atoms with Crippen LogP contribution in [0.4, 0.5) is 5.69 Å². The van der Waals surface area contributed by atoms with Gasteiger partial charge in [0.1, 0.15) is 5.75 Å². The van der Waals surface area contributed by atoms with Gasteiger partial charge in [0.2, 0.25) is 0 Å². The molecule has 0 aliphatic carbocycles. The summed E-state index contributed by atoms with van der Waals surface area (Å²) < 4.78 is 7.90. The Hall–Kier alpha value is -1.22. The molecule has 1 rings (SSSR count). The van der Waals surface area contributed by atoms with Crippen LogP contribution in [0.3, 0.4) is 0 Å². The Morgan fingerprint density at radius 2 is 2.06 bits per heavy atom. The van der Waals surface area contributed by atoms with E-state index in [2.05, 4.69) is 3.53 Å². The zero-order valence-electron chi connectivity index (χ0n) is 8.89. The Morgan fingerprint density at radius 3 is 2.59 bits per heavy atom. The van der Waals surface area contributed by atoms with E-state index in [1.54, 1.807) is 0 Å². The van der Waals surface area contributed by atoms with Gasteiger partial charge in [-0.2, -0.15) is 0 Å². The molecule has 0 amide bonds. The first-order valence-corrected chi connectivity index (χ1v) is 6.00. The number of ether oxygens (including phenoxy) is 1. The van der Waals surface area contributed by atoms with Gasteiger partial charge in [0.25, 0.3) is 5.69 Å². The van der Waals surface area contributed by atoms with Crippen LogP contribution in [-0.4, -0.2) is 17.4 Å². The number of carbonyl (C=O) groups is 1.